The number of fused-ring (bicyclic) bond motifs is 3. The number of ether oxygens (including phenoxy) is 1. The van der Waals surface area contributed by atoms with Crippen molar-refractivity contribution in [3.63, 3.8) is 0 Å². The molecule has 2 aliphatic heterocycles. The summed E-state index contributed by atoms with van der Waals surface area (Å²) in [6.07, 6.45) is 0.224. The Morgan fingerprint density at radius 3 is 2.88 bits per heavy atom. The predicted molar refractivity (Wildman–Crippen MR) is 58.8 cm³/mol. The second-order valence-electron chi connectivity index (χ2n) is 4.05. The van der Waals surface area contributed by atoms with Crippen LogP contribution < -0.4 is 15.8 Å². The molecule has 5 nitrogen and oxygen atoms in total. The van der Waals surface area contributed by atoms with Crippen molar-refractivity contribution in [1.82, 2.24) is 5.32 Å². The molecule has 0 aliphatic carbocycles. The first-order valence-corrected chi connectivity index (χ1v) is 5.27. The largest absolute Gasteiger partial charge is 0.441 e. The molecule has 0 radical (unpaired) electrons. The van der Waals surface area contributed by atoms with Crippen molar-refractivity contribution < 1.29 is 14.3 Å². The van der Waals surface area contributed by atoms with E-state index in [1.165, 1.54) is 0 Å². The van der Waals surface area contributed by atoms with Crippen LogP contribution in [0.15, 0.2) is 35.7 Å². The molecule has 0 spiro atoms. The number of nitrogens with one attached hydrogen (secondary N) is 1. The van der Waals surface area contributed by atoms with Gasteiger partial charge in [0.05, 0.1) is 5.57 Å². The third-order valence-corrected chi connectivity index (χ3v) is 3.02. The normalized spacial score (nSPS) is 22.5. The van der Waals surface area contributed by atoms with Crippen molar-refractivity contribution in [2.75, 3.05) is 0 Å². The van der Waals surface area contributed by atoms with E-state index in [1.807, 2.05) is 18.2 Å². The summed E-state index contributed by atoms with van der Waals surface area (Å²) in [5.74, 6) is -0.340. The van der Waals surface area contributed by atoms with Crippen LogP contribution in [0.2, 0.25) is 0 Å². The van der Waals surface area contributed by atoms with Crippen LogP contribution in [0.1, 0.15) is 17.9 Å². The van der Waals surface area contributed by atoms with Gasteiger partial charge in [-0.1, -0.05) is 18.2 Å². The summed E-state index contributed by atoms with van der Waals surface area (Å²) in [4.78, 5) is 23.1. The SMILES string of the molecule is NC1=C2C(=O)NC(=O)CC2c2ccccc2O1. The molecule has 0 bridgehead atoms. The summed E-state index contributed by atoms with van der Waals surface area (Å²) >= 11 is 0. The molecular formula is C12H10N2O3. The zero-order chi connectivity index (χ0) is 12.0. The van der Waals surface area contributed by atoms with Crippen molar-refractivity contribution in [1.29, 1.82) is 0 Å². The molecule has 3 N–H and O–H groups in total. The fourth-order valence-electron chi connectivity index (χ4n) is 2.27. The maximum Gasteiger partial charge on any atom is 0.259 e. The highest BCUT2D eigenvalue weighted by atomic mass is 16.5. The molecule has 2 heterocycles. The minimum Gasteiger partial charge on any atom is -0.441 e. The second kappa shape index (κ2) is 3.35. The maximum absolute atomic E-state index is 11.7. The third-order valence-electron chi connectivity index (χ3n) is 3.02. The summed E-state index contributed by atoms with van der Waals surface area (Å²) in [5.41, 5.74) is 6.91. The Morgan fingerprint density at radius 1 is 1.29 bits per heavy atom. The van der Waals surface area contributed by atoms with Crippen molar-refractivity contribution in [2.45, 2.75) is 12.3 Å². The molecule has 1 unspecified atom stereocenters. The van der Waals surface area contributed by atoms with E-state index in [0.717, 1.165) is 5.56 Å². The zero-order valence-electron chi connectivity index (χ0n) is 8.90. The van der Waals surface area contributed by atoms with Crippen LogP contribution in [0.4, 0.5) is 0 Å². The predicted octanol–water partition coefficient (Wildman–Crippen LogP) is 0.379. The fourth-order valence-corrected chi connectivity index (χ4v) is 2.27. The number of amides is 2. The quantitative estimate of drug-likeness (QED) is 0.631. The third kappa shape index (κ3) is 1.39. The van der Waals surface area contributed by atoms with Gasteiger partial charge in [-0.05, 0) is 6.07 Å². The van der Waals surface area contributed by atoms with E-state index in [2.05, 4.69) is 5.32 Å². The topological polar surface area (TPSA) is 81.4 Å². The molecule has 86 valence electrons. The first-order valence-electron chi connectivity index (χ1n) is 5.27. The Hall–Kier alpha value is -2.30. The van der Waals surface area contributed by atoms with Crippen molar-refractivity contribution >= 4 is 11.8 Å². The summed E-state index contributed by atoms with van der Waals surface area (Å²) in [7, 11) is 0. The molecular weight excluding hydrogens is 220 g/mol. The maximum atomic E-state index is 11.7. The van der Waals surface area contributed by atoms with Gasteiger partial charge in [-0.15, -0.1) is 0 Å². The van der Waals surface area contributed by atoms with Gasteiger partial charge in [-0.2, -0.15) is 0 Å². The molecule has 0 aromatic heterocycles. The minimum absolute atomic E-state index is 0.0821. The Balaban J connectivity index is 2.16. The highest BCUT2D eigenvalue weighted by Gasteiger charge is 2.38. The zero-order valence-corrected chi connectivity index (χ0v) is 8.90. The monoisotopic (exact) mass is 230 g/mol. The van der Waals surface area contributed by atoms with Gasteiger partial charge in [0.1, 0.15) is 5.75 Å². The summed E-state index contributed by atoms with van der Waals surface area (Å²) in [6, 6.07) is 7.29. The average molecular weight is 230 g/mol. The van der Waals surface area contributed by atoms with Crippen LogP contribution in [-0.4, -0.2) is 11.8 Å². The van der Waals surface area contributed by atoms with Crippen molar-refractivity contribution in [2.24, 2.45) is 5.73 Å². The van der Waals surface area contributed by atoms with Crippen molar-refractivity contribution in [3.8, 4) is 5.75 Å². The molecule has 0 saturated carbocycles. The Kier molecular flexibility index (Phi) is 1.95. The first-order chi connectivity index (χ1) is 8.16. The van der Waals surface area contributed by atoms with Crippen LogP contribution in [0.25, 0.3) is 0 Å². The number of hydrogen-bond acceptors (Lipinski definition) is 4. The molecule has 1 saturated heterocycles. The van der Waals surface area contributed by atoms with E-state index >= 15 is 0 Å². The highest BCUT2D eigenvalue weighted by molar-refractivity contribution is 6.09. The fraction of sp³-hybridized carbons (Fsp3) is 0.167. The number of carbonyl (C=O) groups is 2. The van der Waals surface area contributed by atoms with Crippen LogP contribution >= 0.6 is 0 Å². The lowest BCUT2D eigenvalue weighted by atomic mass is 9.83. The standard InChI is InChI=1S/C12H10N2O3/c13-11-10-7(5-9(15)14-12(10)16)6-3-1-2-4-8(6)17-11/h1-4,7H,5,13H2,(H,14,15,16). The lowest BCUT2D eigenvalue weighted by Gasteiger charge is -2.30. The van der Waals surface area contributed by atoms with Gasteiger partial charge >= 0.3 is 0 Å². The van der Waals surface area contributed by atoms with Crippen LogP contribution in [0.3, 0.4) is 0 Å². The van der Waals surface area contributed by atoms with E-state index in [-0.39, 0.29) is 24.1 Å². The van der Waals surface area contributed by atoms with Gasteiger partial charge in [0.25, 0.3) is 5.91 Å². The van der Waals surface area contributed by atoms with E-state index in [1.54, 1.807) is 6.07 Å². The number of rotatable bonds is 0. The molecule has 2 amide bonds. The van der Waals surface area contributed by atoms with Gasteiger partial charge < -0.3 is 10.5 Å². The average Bonchev–Trinajstić information content (AvgIpc) is 2.28. The number of benzene rings is 1. The van der Waals surface area contributed by atoms with E-state index < -0.39 is 5.91 Å². The van der Waals surface area contributed by atoms with E-state index in [0.29, 0.717) is 11.3 Å². The van der Waals surface area contributed by atoms with Gasteiger partial charge in [-0.25, -0.2) is 0 Å². The van der Waals surface area contributed by atoms with Gasteiger partial charge in [0, 0.05) is 17.9 Å². The second-order valence-corrected chi connectivity index (χ2v) is 4.05. The molecule has 5 heteroatoms. The number of carbonyl (C=O) groups excluding carboxylic acids is 2. The molecule has 2 aliphatic rings. The minimum atomic E-state index is -0.460. The Morgan fingerprint density at radius 2 is 2.06 bits per heavy atom. The van der Waals surface area contributed by atoms with Gasteiger partial charge in [0.15, 0.2) is 5.88 Å². The molecule has 1 fully saturated rings. The number of hydrogen-bond donors (Lipinski definition) is 2. The Bertz CT molecular complexity index is 563. The van der Waals surface area contributed by atoms with Crippen LogP contribution in [0, 0.1) is 0 Å². The first kappa shape index (κ1) is 9.89. The lowest BCUT2D eigenvalue weighted by molar-refractivity contribution is -0.130. The van der Waals surface area contributed by atoms with E-state index in [9.17, 15) is 9.59 Å². The smallest absolute Gasteiger partial charge is 0.259 e. The Labute approximate surface area is 97.2 Å². The lowest BCUT2D eigenvalue weighted by Crippen LogP contribution is -2.43. The van der Waals surface area contributed by atoms with Crippen LogP contribution in [0.5, 0.6) is 5.75 Å². The highest BCUT2D eigenvalue weighted by Crippen LogP contribution is 2.41. The molecule has 3 rings (SSSR count). The molecule has 1 aromatic carbocycles. The van der Waals surface area contributed by atoms with Gasteiger partial charge in [0.2, 0.25) is 5.91 Å². The van der Waals surface area contributed by atoms with Crippen molar-refractivity contribution in [3.05, 3.63) is 41.3 Å². The van der Waals surface area contributed by atoms with E-state index in [4.69, 9.17) is 10.5 Å². The number of imide groups is 1. The number of nitrogens with two attached hydrogens (primary N) is 1. The number of piperidine rings is 1. The molecule has 1 atom stereocenters. The number of para-hydroxylation sites is 1. The van der Waals surface area contributed by atoms with Crippen LogP contribution in [-0.2, 0) is 9.59 Å². The molecule has 17 heavy (non-hydrogen) atoms. The summed E-state index contributed by atoms with van der Waals surface area (Å²) in [6.45, 7) is 0. The van der Waals surface area contributed by atoms with Gasteiger partial charge in [-0.3, -0.25) is 14.9 Å². The summed E-state index contributed by atoms with van der Waals surface area (Å²) in [5, 5.41) is 2.24. The molecule has 1 aromatic rings. The summed E-state index contributed by atoms with van der Waals surface area (Å²) < 4.78 is 5.39.